The Morgan fingerprint density at radius 2 is 0.685 bits per heavy atom. The summed E-state index contributed by atoms with van der Waals surface area (Å²) in [6, 6.07) is 8.85. The van der Waals surface area contributed by atoms with Crippen LogP contribution < -0.4 is 9.47 Å². The van der Waals surface area contributed by atoms with E-state index in [9.17, 15) is 45.5 Å². The van der Waals surface area contributed by atoms with Gasteiger partial charge in [-0.05, 0) is 287 Å². The Balaban J connectivity index is 0.000000251. The summed E-state index contributed by atoms with van der Waals surface area (Å²) in [6.07, 6.45) is 68.6. The Hall–Kier alpha value is -5.63. The van der Waals surface area contributed by atoms with E-state index in [0.29, 0.717) is 72.5 Å². The molecule has 0 spiro atoms. The number of rotatable bonds is 41. The fourth-order valence-electron chi connectivity index (χ4n) is 20.2. The maximum absolute atomic E-state index is 14.8. The van der Waals surface area contributed by atoms with Gasteiger partial charge in [0.15, 0.2) is 34.7 Å². The number of ether oxygens (including phenoxy) is 2. The molecule has 15 heteroatoms. The van der Waals surface area contributed by atoms with Crippen LogP contribution in [0.25, 0.3) is 0 Å². The van der Waals surface area contributed by atoms with Gasteiger partial charge in [-0.3, -0.25) is 19.2 Å². The van der Waals surface area contributed by atoms with Crippen LogP contribution in [0.15, 0.2) is 83.0 Å². The summed E-state index contributed by atoms with van der Waals surface area (Å²) in [5.74, 6) is -1.36. The van der Waals surface area contributed by atoms with E-state index in [2.05, 4.69) is 100 Å². The van der Waals surface area contributed by atoms with Crippen LogP contribution in [0.2, 0.25) is 0 Å². The molecule has 7 aliphatic carbocycles. The van der Waals surface area contributed by atoms with Crippen LogP contribution in [-0.4, -0.2) is 33.4 Å². The molecule has 0 heterocycles. The van der Waals surface area contributed by atoms with Crippen molar-refractivity contribution in [2.24, 2.45) is 82.9 Å². The monoisotopic (exact) mass is 1750 g/mol. The average Bonchev–Trinajstić information content (AvgIpc) is 0.829. The zero-order valence-corrected chi connectivity index (χ0v) is 79.8. The molecule has 0 radical (unpaired) electrons. The first-order valence-electron chi connectivity index (χ1n) is 50.1. The number of aliphatic carboxylic acids is 1. The minimum atomic E-state index is -1.11. The average molecular weight is 1750 g/mol. The summed E-state index contributed by atoms with van der Waals surface area (Å²) in [5, 5.41) is 17.9. The maximum Gasteiger partial charge on any atom is 0.314 e. The SMILES string of the molecule is CC(C)=CCCC1=CCC(C(=O)O)CC1.CC(C)CCCC1CCC(C(=O)Cl)CC1.CCCCCC1CCC(CCc2ccc(O)c(F)c2F)CC1.CCCCCC1CCC(CCc2ccc(OC(=O)C3CC=C(CCC=C(C)C)CC3)c(F)c2F)CC1.CCCCCC1CCC(CCc2ccc(OC(=O)C3CCC(CCCC(C)C)CC3)c(F)c2F)CC1. The zero-order chi connectivity index (χ0) is 90.3. The number of hydrogen-bond donors (Lipinski definition) is 2. The molecule has 0 bridgehead atoms. The van der Waals surface area contributed by atoms with Crippen molar-refractivity contribution >= 4 is 34.8 Å². The number of phenols is 1. The number of esters is 2. The van der Waals surface area contributed by atoms with Crippen molar-refractivity contribution in [2.45, 2.75) is 423 Å². The quantitative estimate of drug-likeness (QED) is 0.0144. The van der Waals surface area contributed by atoms with Crippen LogP contribution in [0.4, 0.5) is 26.3 Å². The van der Waals surface area contributed by atoms with E-state index < -0.39 is 58.6 Å². The molecule has 7 aliphatic rings. The third-order valence-electron chi connectivity index (χ3n) is 28.7. The first-order chi connectivity index (χ1) is 59.5. The molecule has 0 aliphatic heterocycles. The van der Waals surface area contributed by atoms with Crippen LogP contribution in [0.3, 0.4) is 0 Å². The molecule has 2 N–H and O–H groups in total. The van der Waals surface area contributed by atoms with Crippen molar-refractivity contribution < 1.29 is 65.2 Å². The summed E-state index contributed by atoms with van der Waals surface area (Å²) in [7, 11) is 0. The second-order valence-corrected chi connectivity index (χ2v) is 40.6. The van der Waals surface area contributed by atoms with Gasteiger partial charge in [0.1, 0.15) is 0 Å². The summed E-state index contributed by atoms with van der Waals surface area (Å²) in [5.41, 5.74) is 6.65. The van der Waals surface area contributed by atoms with Gasteiger partial charge in [-0.25, -0.2) is 13.2 Å². The summed E-state index contributed by atoms with van der Waals surface area (Å²) >= 11 is 5.51. The predicted octanol–water partition coefficient (Wildman–Crippen LogP) is 33.4. The summed E-state index contributed by atoms with van der Waals surface area (Å²) in [4.78, 5) is 47.0. The second-order valence-electron chi connectivity index (χ2n) is 40.2. The Morgan fingerprint density at radius 1 is 0.379 bits per heavy atom. The number of aromatic hydroxyl groups is 1. The van der Waals surface area contributed by atoms with Gasteiger partial charge in [-0.1, -0.05) is 306 Å². The van der Waals surface area contributed by atoms with E-state index in [0.717, 1.165) is 145 Å². The Bertz CT molecular complexity index is 3680. The third kappa shape index (κ3) is 41.4. The van der Waals surface area contributed by atoms with E-state index >= 15 is 0 Å². The van der Waals surface area contributed by atoms with Gasteiger partial charge in [0.05, 0.1) is 17.8 Å². The minimum absolute atomic E-state index is 0.115. The van der Waals surface area contributed by atoms with E-state index in [4.69, 9.17) is 31.3 Å². The van der Waals surface area contributed by atoms with E-state index in [1.165, 1.54) is 252 Å². The van der Waals surface area contributed by atoms with Crippen molar-refractivity contribution in [3.63, 3.8) is 0 Å². The fourth-order valence-corrected chi connectivity index (χ4v) is 20.4. The molecule has 8 nitrogen and oxygen atoms in total. The second kappa shape index (κ2) is 60.3. The smallest absolute Gasteiger partial charge is 0.314 e. The Morgan fingerprint density at radius 3 is 1.00 bits per heavy atom. The van der Waals surface area contributed by atoms with E-state index in [-0.39, 0.29) is 40.4 Å². The number of phenolic OH excluding ortho intramolecular Hbond substituents is 1. The molecular weight excluding hydrogens is 1590 g/mol. The van der Waals surface area contributed by atoms with Gasteiger partial charge < -0.3 is 19.7 Å². The molecule has 5 saturated carbocycles. The van der Waals surface area contributed by atoms with Crippen molar-refractivity contribution in [2.75, 3.05) is 0 Å². The van der Waals surface area contributed by atoms with Crippen molar-refractivity contribution in [3.8, 4) is 17.2 Å². The summed E-state index contributed by atoms with van der Waals surface area (Å²) < 4.78 is 96.8. The molecule has 0 saturated heterocycles. The number of halogens is 7. The molecule has 5 fully saturated rings. The lowest BCUT2D eigenvalue weighted by molar-refractivity contribution is -0.142. The first kappa shape index (κ1) is 107. The number of allylic oxidation sites excluding steroid dienone is 8. The lowest BCUT2D eigenvalue weighted by atomic mass is 9.78. The van der Waals surface area contributed by atoms with Gasteiger partial charge in [0.2, 0.25) is 22.7 Å². The number of hydrogen-bond acceptors (Lipinski definition) is 7. The molecular formula is C109H167ClF6O8. The molecule has 2 atom stereocenters. The number of carbonyl (C=O) groups is 4. The Labute approximate surface area is 753 Å². The van der Waals surface area contributed by atoms with Crippen LogP contribution in [-0.2, 0) is 38.4 Å². The van der Waals surface area contributed by atoms with E-state index in [1.807, 2.05) is 0 Å². The van der Waals surface area contributed by atoms with Gasteiger partial charge in [0, 0.05) is 5.92 Å². The summed E-state index contributed by atoms with van der Waals surface area (Å²) in [6.45, 7) is 24.2. The molecule has 0 amide bonds. The van der Waals surface area contributed by atoms with Gasteiger partial charge in [0.25, 0.3) is 0 Å². The number of aryl methyl sites for hydroxylation is 3. The van der Waals surface area contributed by atoms with Crippen LogP contribution in [0.5, 0.6) is 17.2 Å². The highest BCUT2D eigenvalue weighted by molar-refractivity contribution is 6.64. The molecule has 3 aromatic rings. The van der Waals surface area contributed by atoms with E-state index in [1.54, 1.807) is 12.1 Å². The predicted molar refractivity (Wildman–Crippen MR) is 501 cm³/mol. The number of carboxylic acids is 1. The van der Waals surface area contributed by atoms with Gasteiger partial charge >= 0.3 is 17.9 Å². The fraction of sp³-hybridized carbons (Fsp3) is 0.725. The largest absolute Gasteiger partial charge is 0.505 e. The standard InChI is InChI=1S/C32H50F2O2.C32H46F2O2.C19H28F2O.C13H23ClO.C13H20O2/c2*1-4-5-6-9-24-11-13-26(14-12-24)15-18-27-21-22-29(31(34)30(27)33)36-32(35)28-19-16-25(17-20-28)10-7-8-23(2)3;1-2-3-4-5-14-6-8-15(9-7-14)10-11-16-12-13-17(22)19(21)18(16)20;2*1-10(2)4-3-5-11-6-8-12(9-7-11)13(14)15/h21-26,28H,4-20H2,1-3H3;8,16,21-22,24,26,28H,4-7,9-15,17-20H2,1-3H3;12-15,22H,2-11H2,1H3;10-12H,3-9H2,1-2H3;4,6,12H,3,5,7-9H2,1-2H3,(H,14,15). The maximum atomic E-state index is 14.8. The van der Waals surface area contributed by atoms with Crippen molar-refractivity contribution in [1.82, 2.24) is 0 Å². The lowest BCUT2D eigenvalue weighted by Gasteiger charge is -2.28. The first-order valence-corrected chi connectivity index (χ1v) is 50.5. The highest BCUT2D eigenvalue weighted by Crippen LogP contribution is 2.42. The number of carboxylic acid groups (broad SMARTS) is 1. The highest BCUT2D eigenvalue weighted by atomic mass is 35.5. The molecule has 3 aromatic carbocycles. The van der Waals surface area contributed by atoms with Crippen LogP contribution >= 0.6 is 11.6 Å². The normalized spacial score (nSPS) is 23.3. The third-order valence-corrected chi connectivity index (χ3v) is 29.0. The number of benzene rings is 3. The van der Waals surface area contributed by atoms with Crippen molar-refractivity contribution in [3.05, 3.63) is 135 Å². The molecule has 700 valence electrons. The van der Waals surface area contributed by atoms with Crippen LogP contribution in [0, 0.1) is 118 Å². The molecule has 2 unspecified atom stereocenters. The molecule has 124 heavy (non-hydrogen) atoms. The topological polar surface area (TPSA) is 127 Å². The van der Waals surface area contributed by atoms with Gasteiger partial charge in [-0.15, -0.1) is 0 Å². The molecule has 10 rings (SSSR count). The lowest BCUT2D eigenvalue weighted by Crippen LogP contribution is -2.26. The van der Waals surface area contributed by atoms with Crippen LogP contribution in [0.1, 0.15) is 420 Å². The van der Waals surface area contributed by atoms with Gasteiger partial charge in [-0.2, -0.15) is 13.2 Å². The zero-order valence-electron chi connectivity index (χ0n) is 79.0. The molecule has 0 aromatic heterocycles. The highest BCUT2D eigenvalue weighted by Gasteiger charge is 2.33. The number of unbranched alkanes of at least 4 members (excludes halogenated alkanes) is 6. The Kier molecular flexibility index (Phi) is 52.1. The number of carbonyl (C=O) groups excluding carboxylic acids is 3. The minimum Gasteiger partial charge on any atom is -0.505 e. The van der Waals surface area contributed by atoms with Crippen molar-refractivity contribution in [1.29, 1.82) is 0 Å².